The number of nitrogens with zero attached hydrogens (tertiary/aromatic N) is 1. The number of hydrogen-bond donors (Lipinski definition) is 1. The summed E-state index contributed by atoms with van der Waals surface area (Å²) in [6.07, 6.45) is -0.375. The molecular formula is C29H26N2O5S. The SMILES string of the molecule is O=C(NCC1COc2ccccc2O1)c1ccccc1N(Cc1ccccc1)S(=O)(=O)c1ccccc1. The van der Waals surface area contributed by atoms with Crippen LogP contribution in [-0.2, 0) is 16.6 Å². The van der Waals surface area contributed by atoms with Crippen molar-refractivity contribution in [3.63, 3.8) is 0 Å². The van der Waals surface area contributed by atoms with E-state index in [1.54, 1.807) is 54.6 Å². The van der Waals surface area contributed by atoms with Crippen molar-refractivity contribution in [1.82, 2.24) is 5.32 Å². The molecule has 0 spiro atoms. The van der Waals surface area contributed by atoms with Crippen molar-refractivity contribution >= 4 is 21.6 Å². The Kier molecular flexibility index (Phi) is 7.09. The molecular weight excluding hydrogens is 488 g/mol. The van der Waals surface area contributed by atoms with Gasteiger partial charge in [-0.2, -0.15) is 0 Å². The summed E-state index contributed by atoms with van der Waals surface area (Å²) in [4.78, 5) is 13.5. The fourth-order valence-electron chi connectivity index (χ4n) is 4.12. The van der Waals surface area contributed by atoms with Crippen molar-refractivity contribution in [3.8, 4) is 11.5 Å². The van der Waals surface area contributed by atoms with Crippen molar-refractivity contribution in [2.45, 2.75) is 17.5 Å². The summed E-state index contributed by atoms with van der Waals surface area (Å²) in [5, 5.41) is 2.88. The van der Waals surface area contributed by atoms with E-state index in [0.717, 1.165) is 5.56 Å². The van der Waals surface area contributed by atoms with E-state index in [-0.39, 0.29) is 29.7 Å². The normalized spacial score (nSPS) is 14.5. The van der Waals surface area contributed by atoms with Gasteiger partial charge in [-0.1, -0.05) is 72.8 Å². The first kappa shape index (κ1) is 24.4. The van der Waals surface area contributed by atoms with Gasteiger partial charge in [0, 0.05) is 0 Å². The lowest BCUT2D eigenvalue weighted by molar-refractivity contribution is 0.0789. The largest absolute Gasteiger partial charge is 0.486 e. The minimum absolute atomic E-state index is 0.0682. The van der Waals surface area contributed by atoms with Crippen LogP contribution in [0.5, 0.6) is 11.5 Å². The Morgan fingerprint density at radius 1 is 0.811 bits per heavy atom. The average molecular weight is 515 g/mol. The standard InChI is InChI=1S/C29H26N2O5S/c32-29(30-19-23-21-35-27-17-9-10-18-28(27)36-23)25-15-7-8-16-26(25)31(20-22-11-3-1-4-12-22)37(33,34)24-13-5-2-6-14-24/h1-18,23H,19-21H2,(H,30,32). The van der Waals surface area contributed by atoms with Gasteiger partial charge in [-0.3, -0.25) is 9.10 Å². The highest BCUT2D eigenvalue weighted by molar-refractivity contribution is 7.92. The van der Waals surface area contributed by atoms with Gasteiger partial charge in [0.15, 0.2) is 11.5 Å². The number of hydrogen-bond acceptors (Lipinski definition) is 5. The van der Waals surface area contributed by atoms with E-state index in [2.05, 4.69) is 5.32 Å². The zero-order valence-corrected chi connectivity index (χ0v) is 20.8. The summed E-state index contributed by atoms with van der Waals surface area (Å²) in [5.74, 6) is 0.883. The van der Waals surface area contributed by atoms with Crippen molar-refractivity contribution in [3.05, 3.63) is 120 Å². The van der Waals surface area contributed by atoms with E-state index in [4.69, 9.17) is 9.47 Å². The van der Waals surface area contributed by atoms with E-state index in [9.17, 15) is 13.2 Å². The lowest BCUT2D eigenvalue weighted by Crippen LogP contribution is -2.41. The summed E-state index contributed by atoms with van der Waals surface area (Å²) < 4.78 is 40.5. The van der Waals surface area contributed by atoms with E-state index < -0.39 is 15.9 Å². The molecule has 1 atom stereocenters. The van der Waals surface area contributed by atoms with Crippen molar-refractivity contribution < 1.29 is 22.7 Å². The first-order valence-corrected chi connectivity index (χ1v) is 13.3. The van der Waals surface area contributed by atoms with Gasteiger partial charge in [0.1, 0.15) is 12.7 Å². The third kappa shape index (κ3) is 5.44. The number of carbonyl (C=O) groups is 1. The van der Waals surface area contributed by atoms with Gasteiger partial charge in [-0.05, 0) is 42.0 Å². The van der Waals surface area contributed by atoms with Gasteiger partial charge >= 0.3 is 0 Å². The Balaban J connectivity index is 1.42. The second-order valence-corrected chi connectivity index (χ2v) is 10.4. The van der Waals surface area contributed by atoms with Crippen LogP contribution in [0.2, 0.25) is 0 Å². The zero-order valence-electron chi connectivity index (χ0n) is 20.0. The van der Waals surface area contributed by atoms with Gasteiger partial charge in [0.05, 0.1) is 29.2 Å². The summed E-state index contributed by atoms with van der Waals surface area (Å²) in [6, 6.07) is 31.6. The molecule has 0 aliphatic carbocycles. The van der Waals surface area contributed by atoms with Gasteiger partial charge in [0.25, 0.3) is 15.9 Å². The van der Waals surface area contributed by atoms with E-state index in [1.165, 1.54) is 4.31 Å². The summed E-state index contributed by atoms with van der Waals surface area (Å²) in [5.41, 5.74) is 1.33. The monoisotopic (exact) mass is 514 g/mol. The van der Waals surface area contributed by atoms with Crippen LogP contribution < -0.4 is 19.1 Å². The first-order valence-electron chi connectivity index (χ1n) is 11.9. The third-order valence-corrected chi connectivity index (χ3v) is 7.75. The van der Waals surface area contributed by atoms with Crippen LogP contribution in [0.1, 0.15) is 15.9 Å². The molecule has 37 heavy (non-hydrogen) atoms. The Morgan fingerprint density at radius 3 is 2.19 bits per heavy atom. The maximum atomic E-state index is 13.8. The average Bonchev–Trinajstić information content (AvgIpc) is 2.95. The number of carbonyl (C=O) groups excluding carboxylic acids is 1. The van der Waals surface area contributed by atoms with Crippen LogP contribution in [0.4, 0.5) is 5.69 Å². The van der Waals surface area contributed by atoms with Crippen LogP contribution in [0.3, 0.4) is 0 Å². The molecule has 188 valence electrons. The van der Waals surface area contributed by atoms with Crippen LogP contribution in [0.25, 0.3) is 0 Å². The van der Waals surface area contributed by atoms with Crippen LogP contribution in [0, 0.1) is 0 Å². The lowest BCUT2D eigenvalue weighted by Gasteiger charge is -2.28. The van der Waals surface area contributed by atoms with Crippen molar-refractivity contribution in [2.24, 2.45) is 0 Å². The molecule has 4 aromatic rings. The number of ether oxygens (including phenoxy) is 2. The molecule has 0 saturated heterocycles. The lowest BCUT2D eigenvalue weighted by atomic mass is 10.1. The van der Waals surface area contributed by atoms with E-state index in [1.807, 2.05) is 54.6 Å². The maximum absolute atomic E-state index is 13.8. The van der Waals surface area contributed by atoms with Gasteiger partial charge in [-0.25, -0.2) is 8.42 Å². The number of para-hydroxylation sites is 3. The number of nitrogens with one attached hydrogen (secondary N) is 1. The minimum Gasteiger partial charge on any atom is -0.486 e. The number of benzene rings is 4. The summed E-state index contributed by atoms with van der Waals surface area (Å²) >= 11 is 0. The van der Waals surface area contributed by atoms with Crippen LogP contribution >= 0.6 is 0 Å². The van der Waals surface area contributed by atoms with E-state index >= 15 is 0 Å². The highest BCUT2D eigenvalue weighted by Crippen LogP contribution is 2.31. The van der Waals surface area contributed by atoms with Crippen molar-refractivity contribution in [2.75, 3.05) is 17.5 Å². The van der Waals surface area contributed by atoms with Crippen molar-refractivity contribution in [1.29, 1.82) is 0 Å². The predicted molar refractivity (Wildman–Crippen MR) is 141 cm³/mol. The highest BCUT2D eigenvalue weighted by atomic mass is 32.2. The fraction of sp³-hybridized carbons (Fsp3) is 0.138. The molecule has 8 heteroatoms. The molecule has 0 bridgehead atoms. The number of rotatable bonds is 8. The number of fused-ring (bicyclic) bond motifs is 1. The number of anilines is 1. The Morgan fingerprint density at radius 2 is 1.43 bits per heavy atom. The molecule has 0 saturated carbocycles. The number of sulfonamides is 1. The molecule has 1 unspecified atom stereocenters. The topological polar surface area (TPSA) is 84.9 Å². The molecule has 7 nitrogen and oxygen atoms in total. The molecule has 1 heterocycles. The molecule has 1 aliphatic rings. The minimum atomic E-state index is -3.97. The first-order chi connectivity index (χ1) is 18.0. The Hall–Kier alpha value is -4.30. The zero-order chi connectivity index (χ0) is 25.7. The molecule has 0 fully saturated rings. The predicted octanol–water partition coefficient (Wildman–Crippen LogP) is 4.65. The maximum Gasteiger partial charge on any atom is 0.264 e. The quantitative estimate of drug-likeness (QED) is 0.370. The summed E-state index contributed by atoms with van der Waals surface area (Å²) in [6.45, 7) is 0.561. The van der Waals surface area contributed by atoms with Crippen LogP contribution in [-0.4, -0.2) is 33.6 Å². The molecule has 0 radical (unpaired) electrons. The van der Waals surface area contributed by atoms with E-state index in [0.29, 0.717) is 23.8 Å². The molecule has 4 aromatic carbocycles. The highest BCUT2D eigenvalue weighted by Gasteiger charge is 2.29. The Labute approximate surface area is 216 Å². The molecule has 1 aliphatic heterocycles. The van der Waals surface area contributed by atoms with Gasteiger partial charge in [0.2, 0.25) is 0 Å². The fourth-order valence-corrected chi connectivity index (χ4v) is 5.61. The van der Waals surface area contributed by atoms with Crippen LogP contribution in [0.15, 0.2) is 114 Å². The van der Waals surface area contributed by atoms with Gasteiger partial charge < -0.3 is 14.8 Å². The third-order valence-electron chi connectivity index (χ3n) is 5.98. The summed E-state index contributed by atoms with van der Waals surface area (Å²) in [7, 11) is -3.97. The molecule has 1 amide bonds. The molecule has 5 rings (SSSR count). The van der Waals surface area contributed by atoms with Gasteiger partial charge in [-0.15, -0.1) is 0 Å². The molecule has 1 N–H and O–H groups in total. The second kappa shape index (κ2) is 10.8. The Bertz CT molecular complexity index is 1480. The number of amides is 1. The second-order valence-electron chi connectivity index (χ2n) is 8.54. The smallest absolute Gasteiger partial charge is 0.264 e. The molecule has 0 aromatic heterocycles.